The number of nitrogens with one attached hydrogen (secondary N) is 1. The fourth-order valence-electron chi connectivity index (χ4n) is 1.72. The molecule has 0 aliphatic carbocycles. The normalized spacial score (nSPS) is 12.9. The maximum Gasteiger partial charge on any atom is 0.235 e. The Morgan fingerprint density at radius 2 is 1.65 bits per heavy atom. The van der Waals surface area contributed by atoms with Gasteiger partial charge in [-0.15, -0.1) is 0 Å². The largest absolute Gasteiger partial charge is 0.387 e. The molecule has 0 heterocycles. The van der Waals surface area contributed by atoms with Gasteiger partial charge in [-0.3, -0.25) is 4.72 Å². The first-order valence-corrected chi connectivity index (χ1v) is 7.60. The number of rotatable bonds is 5. The van der Waals surface area contributed by atoms with Crippen molar-refractivity contribution in [3.05, 3.63) is 66.0 Å². The van der Waals surface area contributed by atoms with Crippen molar-refractivity contribution in [2.75, 3.05) is 10.5 Å². The van der Waals surface area contributed by atoms with Gasteiger partial charge in [-0.1, -0.05) is 30.3 Å². The summed E-state index contributed by atoms with van der Waals surface area (Å²) in [5.74, 6) is -0.911. The number of benzene rings is 2. The van der Waals surface area contributed by atoms with Crippen molar-refractivity contribution in [1.82, 2.24) is 0 Å². The minimum Gasteiger partial charge on any atom is -0.387 e. The summed E-state index contributed by atoms with van der Waals surface area (Å²) >= 11 is 0. The van der Waals surface area contributed by atoms with Crippen molar-refractivity contribution in [1.29, 1.82) is 0 Å². The van der Waals surface area contributed by atoms with E-state index >= 15 is 0 Å². The number of sulfonamides is 1. The minimum absolute atomic E-state index is 0.256. The molecule has 106 valence electrons. The molecule has 2 rings (SSSR count). The molecule has 0 bridgehead atoms. The molecule has 0 radical (unpaired) electrons. The zero-order chi connectivity index (χ0) is 14.6. The van der Waals surface area contributed by atoms with Crippen LogP contribution in [0.2, 0.25) is 0 Å². The van der Waals surface area contributed by atoms with E-state index in [1.807, 2.05) is 0 Å². The quantitative estimate of drug-likeness (QED) is 0.889. The molecule has 20 heavy (non-hydrogen) atoms. The van der Waals surface area contributed by atoms with Crippen LogP contribution >= 0.6 is 0 Å². The average molecular weight is 295 g/mol. The highest BCUT2D eigenvalue weighted by Crippen LogP contribution is 2.17. The van der Waals surface area contributed by atoms with Gasteiger partial charge in [0, 0.05) is 5.69 Å². The summed E-state index contributed by atoms with van der Waals surface area (Å²) in [4.78, 5) is 0. The highest BCUT2D eigenvalue weighted by Gasteiger charge is 2.18. The molecule has 0 saturated heterocycles. The monoisotopic (exact) mass is 295 g/mol. The van der Waals surface area contributed by atoms with Crippen molar-refractivity contribution < 1.29 is 17.9 Å². The van der Waals surface area contributed by atoms with E-state index in [0.29, 0.717) is 5.56 Å². The van der Waals surface area contributed by atoms with Crippen molar-refractivity contribution in [3.8, 4) is 0 Å². The SMILES string of the molecule is O=S(=O)(C[C@@H](O)c1ccccc1)Nc1ccc(F)cc1. The molecular formula is C14H14FNO3S. The van der Waals surface area contributed by atoms with Gasteiger partial charge in [0.2, 0.25) is 10.0 Å². The Morgan fingerprint density at radius 1 is 1.05 bits per heavy atom. The molecule has 4 nitrogen and oxygen atoms in total. The molecule has 0 aliphatic heterocycles. The third-order valence-electron chi connectivity index (χ3n) is 2.68. The molecule has 2 N–H and O–H groups in total. The van der Waals surface area contributed by atoms with E-state index in [2.05, 4.69) is 4.72 Å². The highest BCUT2D eigenvalue weighted by molar-refractivity contribution is 7.92. The molecule has 0 unspecified atom stereocenters. The molecule has 0 amide bonds. The first-order chi connectivity index (χ1) is 9.46. The minimum atomic E-state index is -3.72. The molecule has 0 saturated carbocycles. The maximum atomic E-state index is 12.7. The summed E-state index contributed by atoms with van der Waals surface area (Å²) in [7, 11) is -3.72. The van der Waals surface area contributed by atoms with E-state index in [1.165, 1.54) is 12.1 Å². The second-order valence-electron chi connectivity index (χ2n) is 4.32. The fourth-order valence-corrected chi connectivity index (χ4v) is 2.91. The van der Waals surface area contributed by atoms with Gasteiger partial charge in [0.15, 0.2) is 0 Å². The van der Waals surface area contributed by atoms with E-state index < -0.39 is 27.7 Å². The molecule has 1 atom stereocenters. The van der Waals surface area contributed by atoms with Crippen LogP contribution in [-0.2, 0) is 10.0 Å². The standard InChI is InChI=1S/C14H14FNO3S/c15-12-6-8-13(9-7-12)16-20(18,19)10-14(17)11-4-2-1-3-5-11/h1-9,14,16-17H,10H2/t14-/m1/s1. The first-order valence-electron chi connectivity index (χ1n) is 5.95. The van der Waals surface area contributed by atoms with Gasteiger partial charge in [-0.2, -0.15) is 0 Å². The van der Waals surface area contributed by atoms with Gasteiger partial charge < -0.3 is 5.11 Å². The van der Waals surface area contributed by atoms with Gasteiger partial charge in [-0.25, -0.2) is 12.8 Å². The van der Waals surface area contributed by atoms with E-state index in [9.17, 15) is 17.9 Å². The van der Waals surface area contributed by atoms with E-state index in [0.717, 1.165) is 12.1 Å². The lowest BCUT2D eigenvalue weighted by Gasteiger charge is -2.13. The van der Waals surface area contributed by atoms with Crippen LogP contribution in [0.1, 0.15) is 11.7 Å². The third kappa shape index (κ3) is 4.04. The zero-order valence-electron chi connectivity index (χ0n) is 10.5. The second-order valence-corrected chi connectivity index (χ2v) is 6.08. The Hall–Kier alpha value is -1.92. The molecule has 2 aromatic carbocycles. The molecule has 0 aliphatic rings. The fraction of sp³-hybridized carbons (Fsp3) is 0.143. The Bertz CT molecular complexity index is 657. The summed E-state index contributed by atoms with van der Waals surface area (Å²) in [6.45, 7) is 0. The van der Waals surface area contributed by atoms with Crippen LogP contribution in [0.15, 0.2) is 54.6 Å². The van der Waals surface area contributed by atoms with Crippen LogP contribution in [0.25, 0.3) is 0 Å². The average Bonchev–Trinajstić information content (AvgIpc) is 2.41. The Morgan fingerprint density at radius 3 is 2.25 bits per heavy atom. The van der Waals surface area contributed by atoms with Gasteiger partial charge in [0.05, 0.1) is 11.9 Å². The van der Waals surface area contributed by atoms with Crippen molar-refractivity contribution in [2.45, 2.75) is 6.10 Å². The van der Waals surface area contributed by atoms with Crippen molar-refractivity contribution >= 4 is 15.7 Å². The molecule has 0 spiro atoms. The Kier molecular flexibility index (Phi) is 4.36. The Balaban J connectivity index is 2.06. The second kappa shape index (κ2) is 6.02. The van der Waals surface area contributed by atoms with Crippen molar-refractivity contribution in [3.63, 3.8) is 0 Å². The summed E-state index contributed by atoms with van der Waals surface area (Å²) in [5.41, 5.74) is 0.781. The maximum absolute atomic E-state index is 12.7. The third-order valence-corrected chi connectivity index (χ3v) is 3.98. The van der Waals surface area contributed by atoms with Crippen LogP contribution in [0.3, 0.4) is 0 Å². The van der Waals surface area contributed by atoms with Crippen LogP contribution in [0.5, 0.6) is 0 Å². The molecule has 6 heteroatoms. The van der Waals surface area contributed by atoms with Gasteiger partial charge >= 0.3 is 0 Å². The predicted octanol–water partition coefficient (Wildman–Crippen LogP) is 2.30. The lowest BCUT2D eigenvalue weighted by atomic mass is 10.1. The number of hydrogen-bond donors (Lipinski definition) is 2. The number of aliphatic hydroxyl groups is 1. The van der Waals surface area contributed by atoms with E-state index in [1.54, 1.807) is 30.3 Å². The van der Waals surface area contributed by atoms with Crippen LogP contribution in [-0.4, -0.2) is 19.3 Å². The number of halogens is 1. The van der Waals surface area contributed by atoms with Gasteiger partial charge in [0.1, 0.15) is 5.82 Å². The smallest absolute Gasteiger partial charge is 0.235 e. The lowest BCUT2D eigenvalue weighted by Crippen LogP contribution is -2.21. The van der Waals surface area contributed by atoms with Crippen LogP contribution in [0.4, 0.5) is 10.1 Å². The highest BCUT2D eigenvalue weighted by atomic mass is 32.2. The Labute approximate surface area is 116 Å². The van der Waals surface area contributed by atoms with Gasteiger partial charge in [-0.05, 0) is 29.8 Å². The number of anilines is 1. The topological polar surface area (TPSA) is 66.4 Å². The van der Waals surface area contributed by atoms with Crippen molar-refractivity contribution in [2.24, 2.45) is 0 Å². The molecular weight excluding hydrogens is 281 g/mol. The lowest BCUT2D eigenvalue weighted by molar-refractivity contribution is 0.202. The van der Waals surface area contributed by atoms with Crippen LogP contribution in [0, 0.1) is 5.82 Å². The van der Waals surface area contributed by atoms with Crippen LogP contribution < -0.4 is 4.72 Å². The molecule has 2 aromatic rings. The zero-order valence-corrected chi connectivity index (χ0v) is 11.3. The molecule has 0 aromatic heterocycles. The molecule has 0 fully saturated rings. The van der Waals surface area contributed by atoms with E-state index in [-0.39, 0.29) is 5.69 Å². The number of hydrogen-bond acceptors (Lipinski definition) is 3. The summed E-state index contributed by atoms with van der Waals surface area (Å²) in [5, 5.41) is 9.90. The first kappa shape index (κ1) is 14.5. The summed E-state index contributed by atoms with van der Waals surface area (Å²) in [6.07, 6.45) is -1.12. The summed E-state index contributed by atoms with van der Waals surface area (Å²) < 4.78 is 38.8. The van der Waals surface area contributed by atoms with Gasteiger partial charge in [0.25, 0.3) is 0 Å². The number of aliphatic hydroxyl groups excluding tert-OH is 1. The summed E-state index contributed by atoms with van der Waals surface area (Å²) in [6, 6.07) is 13.5. The van der Waals surface area contributed by atoms with E-state index in [4.69, 9.17) is 0 Å². The predicted molar refractivity (Wildman–Crippen MR) is 75.2 cm³/mol.